The molecule has 0 saturated heterocycles. The Hall–Kier alpha value is -2.47. The first-order valence-corrected chi connectivity index (χ1v) is 6.79. The second-order valence-electron chi connectivity index (χ2n) is 4.01. The van der Waals surface area contributed by atoms with Crippen molar-refractivity contribution in [3.63, 3.8) is 0 Å². The summed E-state index contributed by atoms with van der Waals surface area (Å²) in [5.41, 5.74) is 1.25. The van der Waals surface area contributed by atoms with E-state index in [2.05, 4.69) is 9.97 Å². The SMILES string of the molecule is COc1c(C=Cc2cccnc2)nc2sccn2c1=O. The summed E-state index contributed by atoms with van der Waals surface area (Å²) < 4.78 is 6.66. The number of pyridine rings is 1. The van der Waals surface area contributed by atoms with Crippen molar-refractivity contribution in [1.29, 1.82) is 0 Å². The Labute approximate surface area is 118 Å². The Bertz CT molecular complexity index is 821. The van der Waals surface area contributed by atoms with Gasteiger partial charge in [0.1, 0.15) is 5.69 Å². The Balaban J connectivity index is 2.11. The van der Waals surface area contributed by atoms with Gasteiger partial charge in [-0.05, 0) is 17.7 Å². The zero-order chi connectivity index (χ0) is 13.9. The third kappa shape index (κ3) is 2.21. The maximum Gasteiger partial charge on any atom is 0.301 e. The van der Waals surface area contributed by atoms with E-state index in [9.17, 15) is 4.79 Å². The van der Waals surface area contributed by atoms with Crippen LogP contribution in [0.5, 0.6) is 5.75 Å². The predicted octanol–water partition coefficient (Wildman–Crippen LogP) is 2.33. The fourth-order valence-electron chi connectivity index (χ4n) is 1.83. The molecule has 0 aliphatic heterocycles. The van der Waals surface area contributed by atoms with Gasteiger partial charge in [-0.2, -0.15) is 0 Å². The number of fused-ring (bicyclic) bond motifs is 1. The summed E-state index contributed by atoms with van der Waals surface area (Å²) in [6.45, 7) is 0. The van der Waals surface area contributed by atoms with Crippen LogP contribution in [-0.4, -0.2) is 21.5 Å². The molecule has 0 saturated carbocycles. The topological polar surface area (TPSA) is 56.5 Å². The number of rotatable bonds is 3. The lowest BCUT2D eigenvalue weighted by atomic mass is 10.2. The molecule has 0 aliphatic carbocycles. The molecule has 3 heterocycles. The Morgan fingerprint density at radius 1 is 1.40 bits per heavy atom. The van der Waals surface area contributed by atoms with Crippen LogP contribution >= 0.6 is 11.3 Å². The highest BCUT2D eigenvalue weighted by molar-refractivity contribution is 7.15. The summed E-state index contributed by atoms with van der Waals surface area (Å²) in [4.78, 5) is 21.3. The van der Waals surface area contributed by atoms with Crippen molar-refractivity contribution in [1.82, 2.24) is 14.4 Å². The van der Waals surface area contributed by atoms with Crippen molar-refractivity contribution in [2.24, 2.45) is 0 Å². The number of nitrogens with zero attached hydrogens (tertiary/aromatic N) is 3. The Kier molecular flexibility index (Phi) is 3.30. The van der Waals surface area contributed by atoms with Gasteiger partial charge in [0.25, 0.3) is 0 Å². The van der Waals surface area contributed by atoms with Crippen LogP contribution in [0.25, 0.3) is 17.1 Å². The molecule has 0 unspecified atom stereocenters. The molecule has 0 atom stereocenters. The van der Waals surface area contributed by atoms with Gasteiger partial charge in [-0.15, -0.1) is 11.3 Å². The van der Waals surface area contributed by atoms with E-state index in [4.69, 9.17) is 4.74 Å². The van der Waals surface area contributed by atoms with Crippen molar-refractivity contribution in [3.8, 4) is 5.75 Å². The zero-order valence-corrected chi connectivity index (χ0v) is 11.5. The van der Waals surface area contributed by atoms with Gasteiger partial charge in [0.15, 0.2) is 4.96 Å². The fourth-order valence-corrected chi connectivity index (χ4v) is 2.55. The average Bonchev–Trinajstić information content (AvgIpc) is 2.95. The smallest absolute Gasteiger partial charge is 0.301 e. The summed E-state index contributed by atoms with van der Waals surface area (Å²) in [5, 5.41) is 1.82. The molecule has 0 radical (unpaired) electrons. The van der Waals surface area contributed by atoms with Crippen molar-refractivity contribution in [2.75, 3.05) is 7.11 Å². The maximum atomic E-state index is 12.2. The maximum absolute atomic E-state index is 12.2. The summed E-state index contributed by atoms with van der Waals surface area (Å²) in [6, 6.07) is 3.77. The van der Waals surface area contributed by atoms with E-state index < -0.39 is 0 Å². The van der Waals surface area contributed by atoms with Crippen molar-refractivity contribution in [2.45, 2.75) is 0 Å². The monoisotopic (exact) mass is 285 g/mol. The lowest BCUT2D eigenvalue weighted by molar-refractivity contribution is 0.404. The molecule has 5 nitrogen and oxygen atoms in total. The number of ether oxygens (including phenoxy) is 1. The zero-order valence-electron chi connectivity index (χ0n) is 10.7. The van der Waals surface area contributed by atoms with Crippen molar-refractivity contribution < 1.29 is 4.74 Å². The van der Waals surface area contributed by atoms with Crippen LogP contribution in [0.3, 0.4) is 0 Å². The minimum absolute atomic E-state index is 0.204. The molecule has 6 heteroatoms. The molecule has 0 spiro atoms. The molecule has 0 fully saturated rings. The van der Waals surface area contributed by atoms with Gasteiger partial charge >= 0.3 is 5.56 Å². The van der Waals surface area contributed by atoms with Crippen molar-refractivity contribution >= 4 is 28.4 Å². The molecular formula is C14H11N3O2S. The van der Waals surface area contributed by atoms with Gasteiger partial charge < -0.3 is 4.74 Å². The van der Waals surface area contributed by atoms with Gasteiger partial charge in [0, 0.05) is 24.0 Å². The molecule has 3 aromatic rings. The molecule has 100 valence electrons. The minimum Gasteiger partial charge on any atom is -0.490 e. The molecule has 3 rings (SSSR count). The molecular weight excluding hydrogens is 274 g/mol. The lowest BCUT2D eigenvalue weighted by Crippen LogP contribution is -2.16. The van der Waals surface area contributed by atoms with Crippen LogP contribution < -0.4 is 10.3 Å². The van der Waals surface area contributed by atoms with Gasteiger partial charge in [-0.1, -0.05) is 12.1 Å². The molecule has 20 heavy (non-hydrogen) atoms. The first-order valence-electron chi connectivity index (χ1n) is 5.91. The Morgan fingerprint density at radius 3 is 3.05 bits per heavy atom. The standard InChI is InChI=1S/C14H11N3O2S/c1-19-12-11(5-4-10-3-2-6-15-9-10)16-14-17(13(12)18)7-8-20-14/h2-9H,1H3. The van der Waals surface area contributed by atoms with Crippen LogP contribution in [0.4, 0.5) is 0 Å². The largest absolute Gasteiger partial charge is 0.490 e. The minimum atomic E-state index is -0.204. The summed E-state index contributed by atoms with van der Waals surface area (Å²) in [5.74, 6) is 0.237. The van der Waals surface area contributed by atoms with Gasteiger partial charge in [-0.3, -0.25) is 14.2 Å². The van der Waals surface area contributed by atoms with E-state index in [-0.39, 0.29) is 11.3 Å². The van der Waals surface area contributed by atoms with Crippen LogP contribution in [-0.2, 0) is 0 Å². The second-order valence-corrected chi connectivity index (χ2v) is 4.88. The van der Waals surface area contributed by atoms with E-state index in [0.29, 0.717) is 10.7 Å². The van der Waals surface area contributed by atoms with Gasteiger partial charge in [0.05, 0.1) is 7.11 Å². The van der Waals surface area contributed by atoms with E-state index in [1.165, 1.54) is 22.8 Å². The average molecular weight is 285 g/mol. The first-order chi connectivity index (χ1) is 9.79. The molecule has 0 N–H and O–H groups in total. The highest BCUT2D eigenvalue weighted by atomic mass is 32.1. The molecule has 3 aromatic heterocycles. The summed E-state index contributed by atoms with van der Waals surface area (Å²) >= 11 is 1.41. The highest BCUT2D eigenvalue weighted by Crippen LogP contribution is 2.17. The third-order valence-electron chi connectivity index (χ3n) is 2.77. The molecule has 0 amide bonds. The fraction of sp³-hybridized carbons (Fsp3) is 0.0714. The third-order valence-corrected chi connectivity index (χ3v) is 3.53. The number of hydrogen-bond acceptors (Lipinski definition) is 5. The van der Waals surface area contributed by atoms with Gasteiger partial charge in [0.2, 0.25) is 5.75 Å². The van der Waals surface area contributed by atoms with Crippen LogP contribution in [0.2, 0.25) is 0 Å². The van der Waals surface area contributed by atoms with Crippen LogP contribution in [0, 0.1) is 0 Å². The van der Waals surface area contributed by atoms with Gasteiger partial charge in [-0.25, -0.2) is 4.98 Å². The van der Waals surface area contributed by atoms with E-state index in [1.54, 1.807) is 24.7 Å². The number of thiazole rings is 1. The van der Waals surface area contributed by atoms with Crippen LogP contribution in [0.1, 0.15) is 11.3 Å². The predicted molar refractivity (Wildman–Crippen MR) is 79.1 cm³/mol. The van der Waals surface area contributed by atoms with E-state index in [1.807, 2.05) is 23.6 Å². The lowest BCUT2D eigenvalue weighted by Gasteiger charge is -2.03. The molecule has 0 aliphatic rings. The summed E-state index contributed by atoms with van der Waals surface area (Å²) in [6.07, 6.45) is 8.74. The second kappa shape index (κ2) is 5.26. The number of methoxy groups -OCH3 is 1. The first kappa shape index (κ1) is 12.6. The molecule has 0 bridgehead atoms. The normalized spacial score (nSPS) is 11.2. The quantitative estimate of drug-likeness (QED) is 0.741. The highest BCUT2D eigenvalue weighted by Gasteiger charge is 2.11. The van der Waals surface area contributed by atoms with Crippen LogP contribution in [0.15, 0.2) is 40.9 Å². The number of aromatic nitrogens is 3. The molecule has 0 aromatic carbocycles. The van der Waals surface area contributed by atoms with E-state index >= 15 is 0 Å². The van der Waals surface area contributed by atoms with Crippen molar-refractivity contribution in [3.05, 3.63) is 57.7 Å². The Morgan fingerprint density at radius 2 is 2.30 bits per heavy atom. The van der Waals surface area contributed by atoms with E-state index in [0.717, 1.165) is 5.56 Å². The number of hydrogen-bond donors (Lipinski definition) is 0. The summed E-state index contributed by atoms with van der Waals surface area (Å²) in [7, 11) is 1.47.